The average molecular weight is 527 g/mol. The molecule has 0 spiro atoms. The predicted molar refractivity (Wildman–Crippen MR) is 132 cm³/mol. The average Bonchev–Trinajstić information content (AvgIpc) is 3.53. The lowest BCUT2D eigenvalue weighted by Crippen LogP contribution is -2.29. The number of nitro benzene ring substituents is 1. The van der Waals surface area contributed by atoms with Gasteiger partial charge in [0, 0.05) is 6.07 Å². The maximum Gasteiger partial charge on any atom is 0.283 e. The van der Waals surface area contributed by atoms with E-state index in [1.54, 1.807) is 18.2 Å². The summed E-state index contributed by atoms with van der Waals surface area (Å²) in [4.78, 5) is 54.2. The highest BCUT2D eigenvalue weighted by molar-refractivity contribution is 8.01. The number of hydrogen-bond donors (Lipinski definition) is 1. The molecule has 4 aromatic rings. The number of carbonyl (C=O) groups is 3. The fraction of sp³-hybridized carbons (Fsp3) is 0.143. The Morgan fingerprint density at radius 3 is 2.74 bits per heavy atom. The zero-order valence-electron chi connectivity index (χ0n) is 17.9. The molecule has 0 aliphatic carbocycles. The molecule has 3 amide bonds. The highest BCUT2D eigenvalue weighted by atomic mass is 32.2. The van der Waals surface area contributed by atoms with Crippen molar-refractivity contribution in [1.29, 1.82) is 0 Å². The molecule has 0 radical (unpaired) electrons. The van der Waals surface area contributed by atoms with Crippen LogP contribution in [0.2, 0.25) is 0 Å². The summed E-state index contributed by atoms with van der Waals surface area (Å²) < 4.78 is 1.34. The number of benzene rings is 2. The smallest absolute Gasteiger partial charge is 0.283 e. The van der Waals surface area contributed by atoms with Crippen LogP contribution in [-0.2, 0) is 11.2 Å². The van der Waals surface area contributed by atoms with Gasteiger partial charge in [-0.15, -0.1) is 21.5 Å². The Balaban J connectivity index is 1.33. The molecule has 0 saturated carbocycles. The van der Waals surface area contributed by atoms with Gasteiger partial charge in [-0.25, -0.2) is 9.88 Å². The SMILES string of the molecule is CCc1nnc(NC(=O)CSc2nc3ccc(N4C(=O)c5cccc([N+](=O)[O-])c5C4=O)cc3s2)s1. The van der Waals surface area contributed by atoms with Crippen molar-refractivity contribution in [3.8, 4) is 0 Å². The number of anilines is 2. The maximum absolute atomic E-state index is 13.0. The van der Waals surface area contributed by atoms with Gasteiger partial charge in [0.15, 0.2) is 4.34 Å². The lowest BCUT2D eigenvalue weighted by atomic mass is 10.1. The van der Waals surface area contributed by atoms with Crippen molar-refractivity contribution in [2.45, 2.75) is 17.7 Å². The topological polar surface area (TPSA) is 148 Å². The van der Waals surface area contributed by atoms with Gasteiger partial charge in [0.25, 0.3) is 17.5 Å². The number of nitrogens with zero attached hydrogens (tertiary/aromatic N) is 5. The Bertz CT molecular complexity index is 1530. The first kappa shape index (κ1) is 23.0. The molecule has 1 aliphatic rings. The molecule has 1 aliphatic heterocycles. The zero-order chi connectivity index (χ0) is 24.7. The molecule has 11 nitrogen and oxygen atoms in total. The fourth-order valence-corrected chi connectivity index (χ4v) is 6.07. The van der Waals surface area contributed by atoms with Gasteiger partial charge >= 0.3 is 0 Å². The van der Waals surface area contributed by atoms with E-state index >= 15 is 0 Å². The monoisotopic (exact) mass is 526 g/mol. The second kappa shape index (κ2) is 9.13. The molecule has 0 saturated heterocycles. The van der Waals surface area contributed by atoms with Gasteiger partial charge < -0.3 is 0 Å². The van der Waals surface area contributed by atoms with E-state index in [0.29, 0.717) is 25.4 Å². The first-order valence-electron chi connectivity index (χ1n) is 10.2. The number of aromatic nitrogens is 3. The summed E-state index contributed by atoms with van der Waals surface area (Å²) in [6.45, 7) is 1.96. The summed E-state index contributed by atoms with van der Waals surface area (Å²) in [7, 11) is 0. The van der Waals surface area contributed by atoms with Crippen LogP contribution in [0.3, 0.4) is 0 Å². The van der Waals surface area contributed by atoms with Crippen molar-refractivity contribution in [1.82, 2.24) is 15.2 Å². The highest BCUT2D eigenvalue weighted by Gasteiger charge is 2.41. The summed E-state index contributed by atoms with van der Waals surface area (Å²) >= 11 is 3.88. The number of imide groups is 1. The summed E-state index contributed by atoms with van der Waals surface area (Å²) in [5.74, 6) is -1.47. The number of carbonyl (C=O) groups excluding carboxylic acids is 3. The zero-order valence-corrected chi connectivity index (χ0v) is 20.3. The van der Waals surface area contributed by atoms with E-state index in [0.717, 1.165) is 16.3 Å². The van der Waals surface area contributed by atoms with Crippen LogP contribution in [0, 0.1) is 10.1 Å². The summed E-state index contributed by atoms with van der Waals surface area (Å²) in [5.41, 5.74) is 0.312. The third-order valence-corrected chi connectivity index (χ3v) is 8.19. The van der Waals surface area contributed by atoms with Crippen molar-refractivity contribution in [2.75, 3.05) is 16.0 Å². The van der Waals surface area contributed by atoms with Crippen LogP contribution < -0.4 is 10.2 Å². The number of fused-ring (bicyclic) bond motifs is 2. The second-order valence-electron chi connectivity index (χ2n) is 7.23. The van der Waals surface area contributed by atoms with Crippen LogP contribution in [0.15, 0.2) is 40.7 Å². The van der Waals surface area contributed by atoms with Gasteiger partial charge in [0.1, 0.15) is 10.6 Å². The molecule has 2 aromatic heterocycles. The van der Waals surface area contributed by atoms with Gasteiger partial charge in [-0.2, -0.15) is 0 Å². The van der Waals surface area contributed by atoms with E-state index in [2.05, 4.69) is 20.5 Å². The van der Waals surface area contributed by atoms with Crippen LogP contribution in [0.5, 0.6) is 0 Å². The molecule has 2 aromatic carbocycles. The minimum Gasteiger partial charge on any atom is -0.300 e. The van der Waals surface area contributed by atoms with Crippen LogP contribution in [-0.4, -0.2) is 43.6 Å². The molecular formula is C21H14N6O5S3. The van der Waals surface area contributed by atoms with Crippen LogP contribution >= 0.6 is 34.4 Å². The molecule has 14 heteroatoms. The first-order chi connectivity index (χ1) is 16.9. The second-order valence-corrected chi connectivity index (χ2v) is 10.5. The van der Waals surface area contributed by atoms with Gasteiger partial charge in [-0.3, -0.25) is 29.8 Å². The predicted octanol–water partition coefficient (Wildman–Crippen LogP) is 4.15. The molecule has 1 N–H and O–H groups in total. The van der Waals surface area contributed by atoms with Crippen molar-refractivity contribution >= 4 is 78.9 Å². The van der Waals surface area contributed by atoms with Gasteiger partial charge in [-0.1, -0.05) is 36.1 Å². The molecule has 5 rings (SSSR count). The normalized spacial score (nSPS) is 12.9. The number of rotatable bonds is 7. The first-order valence-corrected chi connectivity index (χ1v) is 12.8. The maximum atomic E-state index is 13.0. The van der Waals surface area contributed by atoms with Crippen molar-refractivity contribution < 1.29 is 19.3 Å². The molecule has 0 unspecified atom stereocenters. The van der Waals surface area contributed by atoms with E-state index in [1.165, 1.54) is 52.6 Å². The summed E-state index contributed by atoms with van der Waals surface area (Å²) in [6.07, 6.45) is 0.744. The van der Waals surface area contributed by atoms with E-state index in [-0.39, 0.29) is 22.8 Å². The minimum atomic E-state index is -0.740. The third kappa shape index (κ3) is 4.26. The molecular weight excluding hydrogens is 512 g/mol. The standard InChI is InChI=1S/C21H14N6O5S3/c1-2-16-24-25-20(35-16)23-15(28)9-33-21-22-12-7-6-10(8-14(12)34-21)26-18(29)11-4-3-5-13(27(31)32)17(11)19(26)30/h3-8H,2,9H2,1H3,(H,23,25,28). The Morgan fingerprint density at radius 2 is 2.00 bits per heavy atom. The highest BCUT2D eigenvalue weighted by Crippen LogP contribution is 2.37. The van der Waals surface area contributed by atoms with Crippen molar-refractivity contribution in [3.05, 3.63) is 62.6 Å². The molecule has 0 bridgehead atoms. The number of nitro groups is 1. The fourth-order valence-electron chi connectivity index (χ4n) is 3.48. The van der Waals surface area contributed by atoms with Gasteiger partial charge in [-0.05, 0) is 30.7 Å². The number of nitrogens with one attached hydrogen (secondary N) is 1. The number of thioether (sulfide) groups is 1. The number of amides is 3. The van der Waals surface area contributed by atoms with Gasteiger partial charge in [0.2, 0.25) is 11.0 Å². The molecule has 0 atom stereocenters. The quantitative estimate of drug-likeness (QED) is 0.162. The Kier molecular flexibility index (Phi) is 6.00. The largest absolute Gasteiger partial charge is 0.300 e. The third-order valence-electron chi connectivity index (χ3n) is 5.04. The van der Waals surface area contributed by atoms with Crippen molar-refractivity contribution in [3.63, 3.8) is 0 Å². The Morgan fingerprint density at radius 1 is 1.17 bits per heavy atom. The molecule has 0 fully saturated rings. The van der Waals surface area contributed by atoms with E-state index in [4.69, 9.17) is 0 Å². The van der Waals surface area contributed by atoms with E-state index < -0.39 is 22.4 Å². The van der Waals surface area contributed by atoms with E-state index in [9.17, 15) is 24.5 Å². The minimum absolute atomic E-state index is 0.00246. The molecule has 3 heterocycles. The van der Waals surface area contributed by atoms with Crippen LogP contribution in [0.25, 0.3) is 10.2 Å². The van der Waals surface area contributed by atoms with Crippen LogP contribution in [0.1, 0.15) is 32.6 Å². The lowest BCUT2D eigenvalue weighted by molar-refractivity contribution is -0.385. The number of hydrogen-bond acceptors (Lipinski definition) is 11. The van der Waals surface area contributed by atoms with Crippen LogP contribution in [0.4, 0.5) is 16.5 Å². The molecule has 176 valence electrons. The Labute approximate surface area is 209 Å². The van der Waals surface area contributed by atoms with E-state index in [1.807, 2.05) is 6.92 Å². The lowest BCUT2D eigenvalue weighted by Gasteiger charge is -2.13. The summed E-state index contributed by atoms with van der Waals surface area (Å²) in [6, 6.07) is 8.85. The number of thiazole rings is 1. The van der Waals surface area contributed by atoms with Crippen molar-refractivity contribution in [2.24, 2.45) is 0 Å². The summed E-state index contributed by atoms with van der Waals surface area (Å²) in [5, 5.41) is 23.2. The number of aryl methyl sites for hydroxylation is 1. The Hall–Kier alpha value is -3.75. The van der Waals surface area contributed by atoms with Gasteiger partial charge in [0.05, 0.1) is 32.1 Å². The molecule has 35 heavy (non-hydrogen) atoms.